The molecule has 0 amide bonds. The molecule has 1 saturated carbocycles. The van der Waals surface area contributed by atoms with Crippen molar-refractivity contribution < 1.29 is 17.6 Å². The first-order chi connectivity index (χ1) is 16.2. The Hall–Kier alpha value is -2.69. The number of aromatic nitrogens is 3. The molecule has 2 aliphatic rings. The summed E-state index contributed by atoms with van der Waals surface area (Å²) in [6, 6.07) is 8.41. The van der Waals surface area contributed by atoms with Crippen molar-refractivity contribution in [3.8, 4) is 11.1 Å². The maximum Gasteiger partial charge on any atom is 0.416 e. The van der Waals surface area contributed by atoms with Crippen LogP contribution in [0.2, 0.25) is 0 Å². The molecule has 36 heavy (non-hydrogen) atoms. The highest BCUT2D eigenvalue weighted by molar-refractivity contribution is 5.85. The van der Waals surface area contributed by atoms with Crippen molar-refractivity contribution >= 4 is 24.8 Å². The van der Waals surface area contributed by atoms with Gasteiger partial charge in [0.25, 0.3) is 5.56 Å². The second kappa shape index (κ2) is 10.4. The number of H-pyrrole nitrogens is 1. The molecule has 0 bridgehead atoms. The Labute approximate surface area is 216 Å². The lowest BCUT2D eigenvalue weighted by molar-refractivity contribution is -0.137. The third-order valence-corrected chi connectivity index (χ3v) is 6.94. The van der Waals surface area contributed by atoms with Crippen LogP contribution in [-0.2, 0) is 18.1 Å². The Morgan fingerprint density at radius 1 is 1.06 bits per heavy atom. The minimum atomic E-state index is -4.34. The molecule has 0 radical (unpaired) electrons. The lowest BCUT2D eigenvalue weighted by Gasteiger charge is -2.21. The first-order valence-corrected chi connectivity index (χ1v) is 11.0. The van der Waals surface area contributed by atoms with E-state index in [2.05, 4.69) is 14.9 Å². The Morgan fingerprint density at radius 3 is 2.44 bits per heavy atom. The summed E-state index contributed by atoms with van der Waals surface area (Å²) in [7, 11) is 0. The van der Waals surface area contributed by atoms with Gasteiger partial charge in [0.15, 0.2) is 0 Å². The van der Waals surface area contributed by atoms with E-state index in [1.165, 1.54) is 29.1 Å². The van der Waals surface area contributed by atoms with Gasteiger partial charge in [-0.15, -0.1) is 24.8 Å². The number of benzene rings is 1. The van der Waals surface area contributed by atoms with Crippen LogP contribution >= 0.6 is 24.8 Å². The lowest BCUT2D eigenvalue weighted by atomic mass is 9.94. The molecule has 6 nitrogen and oxygen atoms in total. The topological polar surface area (TPSA) is 71.0 Å². The van der Waals surface area contributed by atoms with Gasteiger partial charge in [0, 0.05) is 43.0 Å². The average molecular weight is 547 g/mol. The van der Waals surface area contributed by atoms with Crippen LogP contribution < -0.4 is 11.2 Å². The standard InChI is InChI=1S/C24H22F4N4O2.2ClH/c25-20-18(3-1-8-29-20)19-13-32(22(34)30-21(19)33)10-2-9-31-12-17-11-23(17,14-31)15-4-6-16(7-5-15)24(26,27)28;;/h1,3-8,13,17H,2,9-12,14H2,(H,30,33,34);2*1H/t17?,23-;;/m1../s1. The number of likely N-dealkylation sites (tertiary alicyclic amines) is 1. The van der Waals surface area contributed by atoms with Crippen molar-refractivity contribution in [1.82, 2.24) is 19.4 Å². The zero-order chi connectivity index (χ0) is 24.1. The van der Waals surface area contributed by atoms with Gasteiger partial charge in [0.1, 0.15) is 0 Å². The number of aromatic amines is 1. The van der Waals surface area contributed by atoms with E-state index in [4.69, 9.17) is 0 Å². The van der Waals surface area contributed by atoms with Crippen molar-refractivity contribution in [2.45, 2.75) is 31.0 Å². The smallest absolute Gasteiger partial charge is 0.302 e. The molecular formula is C24H24Cl2F4N4O2. The van der Waals surface area contributed by atoms with Crippen LogP contribution in [0.1, 0.15) is 24.0 Å². The second-order valence-corrected chi connectivity index (χ2v) is 9.06. The molecule has 1 aromatic carbocycles. The number of nitrogens with zero attached hydrogens (tertiary/aromatic N) is 3. The molecule has 0 spiro atoms. The van der Waals surface area contributed by atoms with E-state index < -0.39 is 28.9 Å². The number of hydrogen-bond acceptors (Lipinski definition) is 4. The second-order valence-electron chi connectivity index (χ2n) is 9.06. The average Bonchev–Trinajstić information content (AvgIpc) is 3.37. The molecule has 1 aliphatic heterocycles. The minimum Gasteiger partial charge on any atom is -0.302 e. The summed E-state index contributed by atoms with van der Waals surface area (Å²) in [6.45, 7) is 2.64. The molecule has 3 heterocycles. The van der Waals surface area contributed by atoms with Crippen LogP contribution in [0, 0.1) is 11.9 Å². The maximum atomic E-state index is 14.0. The van der Waals surface area contributed by atoms with Gasteiger partial charge in [0.05, 0.1) is 11.1 Å². The van der Waals surface area contributed by atoms with E-state index in [0.717, 1.165) is 37.2 Å². The summed E-state index contributed by atoms with van der Waals surface area (Å²) in [6.07, 6.45) is -0.123. The third-order valence-electron chi connectivity index (χ3n) is 6.94. The summed E-state index contributed by atoms with van der Waals surface area (Å²) in [4.78, 5) is 32.5. The fourth-order valence-corrected chi connectivity index (χ4v) is 5.11. The summed E-state index contributed by atoms with van der Waals surface area (Å²) >= 11 is 0. The summed E-state index contributed by atoms with van der Waals surface area (Å²) in [5, 5.41) is 0. The number of rotatable bonds is 6. The molecule has 1 unspecified atom stereocenters. The predicted molar refractivity (Wildman–Crippen MR) is 131 cm³/mol. The van der Waals surface area contributed by atoms with Crippen molar-refractivity contribution in [3.05, 3.63) is 86.7 Å². The number of pyridine rings is 1. The van der Waals surface area contributed by atoms with Gasteiger partial charge in [-0.25, -0.2) is 9.78 Å². The van der Waals surface area contributed by atoms with Crippen molar-refractivity contribution in [3.63, 3.8) is 0 Å². The van der Waals surface area contributed by atoms with Crippen LogP contribution in [0.4, 0.5) is 17.6 Å². The van der Waals surface area contributed by atoms with Gasteiger partial charge in [-0.3, -0.25) is 14.3 Å². The van der Waals surface area contributed by atoms with Crippen molar-refractivity contribution in [2.24, 2.45) is 5.92 Å². The minimum absolute atomic E-state index is 0. The van der Waals surface area contributed by atoms with Gasteiger partial charge in [0.2, 0.25) is 5.95 Å². The van der Waals surface area contributed by atoms with Crippen molar-refractivity contribution in [2.75, 3.05) is 19.6 Å². The van der Waals surface area contributed by atoms with E-state index >= 15 is 0 Å². The number of nitrogens with one attached hydrogen (secondary N) is 1. The molecular weight excluding hydrogens is 523 g/mol. The molecule has 194 valence electrons. The first-order valence-electron chi connectivity index (χ1n) is 11.0. The third kappa shape index (κ3) is 5.21. The van der Waals surface area contributed by atoms with E-state index in [1.54, 1.807) is 12.1 Å². The lowest BCUT2D eigenvalue weighted by Crippen LogP contribution is -2.32. The van der Waals surface area contributed by atoms with Gasteiger partial charge in [-0.05, 0) is 55.1 Å². The van der Waals surface area contributed by atoms with Gasteiger partial charge in [-0.2, -0.15) is 17.6 Å². The van der Waals surface area contributed by atoms with Gasteiger partial charge in [-0.1, -0.05) is 12.1 Å². The highest BCUT2D eigenvalue weighted by Crippen LogP contribution is 2.59. The molecule has 2 fully saturated rings. The number of piperidine rings is 1. The normalized spacial score (nSPS) is 20.8. The molecule has 1 aliphatic carbocycles. The van der Waals surface area contributed by atoms with Crippen LogP contribution in [0.15, 0.2) is 58.4 Å². The fraction of sp³-hybridized carbons (Fsp3) is 0.375. The van der Waals surface area contributed by atoms with Crippen LogP contribution in [0.25, 0.3) is 11.1 Å². The SMILES string of the molecule is Cl.Cl.O=c1[nH]c(=O)n(CCCN2CC3C[C@]3(c3ccc(C(F)(F)F)cc3)C2)cc1-c1cccnc1F. The van der Waals surface area contributed by atoms with E-state index in [9.17, 15) is 27.2 Å². The number of halogens is 6. The van der Waals surface area contributed by atoms with Crippen LogP contribution in [0.3, 0.4) is 0 Å². The predicted octanol–water partition coefficient (Wildman–Crippen LogP) is 4.26. The Morgan fingerprint density at radius 2 is 1.78 bits per heavy atom. The largest absolute Gasteiger partial charge is 0.416 e. The Kier molecular flexibility index (Phi) is 8.02. The molecule has 3 aromatic rings. The number of aryl methyl sites for hydroxylation is 1. The Bertz CT molecular complexity index is 1340. The van der Waals surface area contributed by atoms with Crippen molar-refractivity contribution in [1.29, 1.82) is 0 Å². The fourth-order valence-electron chi connectivity index (χ4n) is 5.11. The van der Waals surface area contributed by atoms with E-state index in [-0.39, 0.29) is 41.4 Å². The maximum absolute atomic E-state index is 14.0. The van der Waals surface area contributed by atoms with Crippen LogP contribution in [-0.4, -0.2) is 39.1 Å². The van der Waals surface area contributed by atoms with E-state index in [1.807, 2.05) is 0 Å². The highest BCUT2D eigenvalue weighted by Gasteiger charge is 2.60. The Balaban J connectivity index is 0.00000180. The highest BCUT2D eigenvalue weighted by atomic mass is 35.5. The number of alkyl halides is 3. The van der Waals surface area contributed by atoms with E-state index in [0.29, 0.717) is 25.4 Å². The quantitative estimate of drug-likeness (QED) is 0.370. The number of fused-ring (bicyclic) bond motifs is 1. The molecule has 12 heteroatoms. The zero-order valence-corrected chi connectivity index (χ0v) is 20.6. The molecule has 2 atom stereocenters. The molecule has 1 N–H and O–H groups in total. The monoisotopic (exact) mass is 546 g/mol. The van der Waals surface area contributed by atoms with Gasteiger partial charge < -0.3 is 4.90 Å². The first kappa shape index (κ1) is 27.9. The summed E-state index contributed by atoms with van der Waals surface area (Å²) in [5.74, 6) is -0.372. The summed E-state index contributed by atoms with van der Waals surface area (Å²) in [5.41, 5.74) is -0.979. The van der Waals surface area contributed by atoms with Crippen LogP contribution in [0.5, 0.6) is 0 Å². The summed E-state index contributed by atoms with van der Waals surface area (Å²) < 4.78 is 54.0. The molecule has 5 rings (SSSR count). The molecule has 1 saturated heterocycles. The number of hydrogen-bond donors (Lipinski definition) is 1. The van der Waals surface area contributed by atoms with Gasteiger partial charge >= 0.3 is 11.9 Å². The zero-order valence-electron chi connectivity index (χ0n) is 18.9. The molecule has 2 aromatic heterocycles.